The summed E-state index contributed by atoms with van der Waals surface area (Å²) in [5.41, 5.74) is 4.18. The molecule has 5 aromatic rings. The first-order chi connectivity index (χ1) is 15.3. The number of aromatic nitrogens is 5. The Kier molecular flexibility index (Phi) is 3.33. The van der Waals surface area contributed by atoms with E-state index in [9.17, 15) is 0 Å². The number of H-pyrrole nitrogens is 1. The van der Waals surface area contributed by atoms with E-state index in [0.717, 1.165) is 33.1 Å². The fourth-order valence-electron chi connectivity index (χ4n) is 3.71. The third kappa shape index (κ3) is 3.02. The number of aromatic amines is 1. The summed E-state index contributed by atoms with van der Waals surface area (Å²) >= 11 is 0. The van der Waals surface area contributed by atoms with Gasteiger partial charge < -0.3 is 4.74 Å². The highest BCUT2D eigenvalue weighted by Crippen LogP contribution is 2.33. The summed E-state index contributed by atoms with van der Waals surface area (Å²) in [5.74, 6) is 0.619. The average Bonchev–Trinajstić information content (AvgIpc) is 3.37. The quantitative estimate of drug-likeness (QED) is 0.474. The van der Waals surface area contributed by atoms with Gasteiger partial charge in [-0.1, -0.05) is 12.1 Å². The van der Waals surface area contributed by atoms with Crippen LogP contribution in [0.2, 0.25) is 0 Å². The highest BCUT2D eigenvalue weighted by molar-refractivity contribution is 5.93. The Labute approximate surface area is 172 Å². The van der Waals surface area contributed by atoms with Crippen LogP contribution in [0.15, 0.2) is 61.1 Å². The average molecular weight is 386 g/mol. The Hall–Kier alpha value is -3.67. The minimum Gasteiger partial charge on any atom is -0.486 e. The standard InChI is InChI=1S/C23H21N5O/c1-14-6-8-20-18(5-4-10-24-20)22(14)15(2)29-17-7-9-21-19(11-17)23(27-26-21)16-12-25-28(3)13-16/h4-13,15H,1-3H3,(H,26,27)/i1D3. The zero-order valence-electron chi connectivity index (χ0n) is 19.0. The Morgan fingerprint density at radius 3 is 2.93 bits per heavy atom. The monoisotopic (exact) mass is 386 g/mol. The number of nitrogens with one attached hydrogen (secondary N) is 1. The molecular weight excluding hydrogens is 362 g/mol. The third-order valence-corrected chi connectivity index (χ3v) is 5.06. The Morgan fingerprint density at radius 1 is 1.17 bits per heavy atom. The molecular formula is C23H21N5O. The topological polar surface area (TPSA) is 68.6 Å². The van der Waals surface area contributed by atoms with Crippen molar-refractivity contribution in [2.24, 2.45) is 7.05 Å². The number of aryl methyl sites for hydroxylation is 2. The molecule has 1 unspecified atom stereocenters. The van der Waals surface area contributed by atoms with E-state index in [1.54, 1.807) is 35.3 Å². The molecule has 0 amide bonds. The number of nitrogens with zero attached hydrogens (tertiary/aromatic N) is 4. The molecule has 0 radical (unpaired) electrons. The van der Waals surface area contributed by atoms with Crippen LogP contribution in [0.3, 0.4) is 0 Å². The molecule has 1 N–H and O–H groups in total. The van der Waals surface area contributed by atoms with Crippen LogP contribution in [0.4, 0.5) is 0 Å². The smallest absolute Gasteiger partial charge is 0.122 e. The maximum atomic E-state index is 8.01. The number of fused-ring (bicyclic) bond motifs is 2. The molecule has 2 aromatic carbocycles. The largest absolute Gasteiger partial charge is 0.486 e. The molecule has 0 bridgehead atoms. The second-order valence-corrected chi connectivity index (χ2v) is 7.04. The SMILES string of the molecule is [2H]C([2H])([2H])c1ccc2ncccc2c1C(C)Oc1ccc2[nH]nc(-c3cnn(C)c3)c2c1. The van der Waals surface area contributed by atoms with Crippen LogP contribution in [-0.4, -0.2) is 25.0 Å². The van der Waals surface area contributed by atoms with E-state index < -0.39 is 13.0 Å². The minimum atomic E-state index is -2.26. The van der Waals surface area contributed by atoms with E-state index in [0.29, 0.717) is 11.3 Å². The summed E-state index contributed by atoms with van der Waals surface area (Å²) in [4.78, 5) is 4.38. The third-order valence-electron chi connectivity index (χ3n) is 5.06. The first kappa shape index (κ1) is 14.3. The number of hydrogen-bond donors (Lipinski definition) is 1. The molecule has 3 heterocycles. The molecule has 6 heteroatoms. The molecule has 29 heavy (non-hydrogen) atoms. The van der Waals surface area contributed by atoms with E-state index in [4.69, 9.17) is 8.85 Å². The summed E-state index contributed by atoms with van der Waals surface area (Å²) in [6.07, 6.45) is 4.85. The lowest BCUT2D eigenvalue weighted by atomic mass is 9.98. The predicted molar refractivity (Wildman–Crippen MR) is 114 cm³/mol. The second kappa shape index (κ2) is 6.74. The van der Waals surface area contributed by atoms with E-state index in [2.05, 4.69) is 20.3 Å². The molecule has 0 aliphatic rings. The van der Waals surface area contributed by atoms with Crippen LogP contribution in [0.5, 0.6) is 5.75 Å². The minimum absolute atomic E-state index is 0.269. The fourth-order valence-corrected chi connectivity index (χ4v) is 3.71. The van der Waals surface area contributed by atoms with Gasteiger partial charge in [0.1, 0.15) is 17.5 Å². The number of hydrogen-bond acceptors (Lipinski definition) is 4. The number of ether oxygens (including phenoxy) is 1. The van der Waals surface area contributed by atoms with Crippen LogP contribution in [-0.2, 0) is 7.05 Å². The maximum absolute atomic E-state index is 8.01. The summed E-state index contributed by atoms with van der Waals surface area (Å²) in [7, 11) is 1.86. The predicted octanol–water partition coefficient (Wildman–Crippen LogP) is 4.96. The van der Waals surface area contributed by atoms with Gasteiger partial charge in [-0.15, -0.1) is 0 Å². The lowest BCUT2D eigenvalue weighted by Gasteiger charge is -2.19. The lowest BCUT2D eigenvalue weighted by Crippen LogP contribution is -2.06. The molecule has 5 rings (SSSR count). The molecule has 0 aliphatic heterocycles. The van der Waals surface area contributed by atoms with Crippen LogP contribution in [0.25, 0.3) is 33.1 Å². The fraction of sp³-hybridized carbons (Fsp3) is 0.174. The molecule has 0 saturated carbocycles. The van der Waals surface area contributed by atoms with Crippen molar-refractivity contribution >= 4 is 21.8 Å². The summed E-state index contributed by atoms with van der Waals surface area (Å²) < 4.78 is 32.0. The zero-order chi connectivity index (χ0) is 22.5. The van der Waals surface area contributed by atoms with Crippen molar-refractivity contribution in [3.8, 4) is 17.0 Å². The molecule has 0 fully saturated rings. The van der Waals surface area contributed by atoms with Crippen molar-refractivity contribution in [3.63, 3.8) is 0 Å². The summed E-state index contributed by atoms with van der Waals surface area (Å²) in [6, 6.07) is 12.7. The van der Waals surface area contributed by atoms with Crippen molar-refractivity contribution in [2.75, 3.05) is 0 Å². The molecule has 144 valence electrons. The zero-order valence-corrected chi connectivity index (χ0v) is 16.0. The number of benzene rings is 2. The van der Waals surface area contributed by atoms with Gasteiger partial charge in [-0.05, 0) is 49.7 Å². The van der Waals surface area contributed by atoms with Gasteiger partial charge in [-0.25, -0.2) is 0 Å². The van der Waals surface area contributed by atoms with E-state index in [1.807, 2.05) is 44.4 Å². The maximum Gasteiger partial charge on any atom is 0.122 e. The van der Waals surface area contributed by atoms with Crippen LogP contribution >= 0.6 is 0 Å². The highest BCUT2D eigenvalue weighted by Gasteiger charge is 2.16. The second-order valence-electron chi connectivity index (χ2n) is 7.04. The van der Waals surface area contributed by atoms with Crippen molar-refractivity contribution in [1.29, 1.82) is 0 Å². The van der Waals surface area contributed by atoms with Gasteiger partial charge in [0.15, 0.2) is 0 Å². The van der Waals surface area contributed by atoms with Gasteiger partial charge in [-0.3, -0.25) is 14.8 Å². The van der Waals surface area contributed by atoms with Gasteiger partial charge >= 0.3 is 0 Å². The molecule has 1 atom stereocenters. The summed E-state index contributed by atoms with van der Waals surface area (Å²) in [6.45, 7) is -0.405. The Morgan fingerprint density at radius 2 is 2.10 bits per heavy atom. The highest BCUT2D eigenvalue weighted by atomic mass is 16.5. The van der Waals surface area contributed by atoms with E-state index in [-0.39, 0.29) is 5.56 Å². The molecule has 0 spiro atoms. The van der Waals surface area contributed by atoms with E-state index in [1.165, 1.54) is 0 Å². The first-order valence-electron chi connectivity index (χ1n) is 10.8. The van der Waals surface area contributed by atoms with Crippen molar-refractivity contribution in [3.05, 3.63) is 72.2 Å². The Bertz CT molecular complexity index is 1440. The molecule has 3 aromatic heterocycles. The van der Waals surface area contributed by atoms with Gasteiger partial charge in [0.25, 0.3) is 0 Å². The van der Waals surface area contributed by atoms with Gasteiger partial charge in [0, 0.05) is 45.5 Å². The lowest BCUT2D eigenvalue weighted by molar-refractivity contribution is 0.228. The van der Waals surface area contributed by atoms with Crippen molar-refractivity contribution in [1.82, 2.24) is 25.0 Å². The number of pyridine rings is 1. The summed E-state index contributed by atoms with van der Waals surface area (Å²) in [5, 5.41) is 13.4. The van der Waals surface area contributed by atoms with Crippen molar-refractivity contribution < 1.29 is 8.85 Å². The van der Waals surface area contributed by atoms with Gasteiger partial charge in [0.05, 0.1) is 17.2 Å². The van der Waals surface area contributed by atoms with E-state index >= 15 is 0 Å². The van der Waals surface area contributed by atoms with Gasteiger partial charge in [0.2, 0.25) is 0 Å². The number of rotatable bonds is 4. The Balaban J connectivity index is 1.57. The van der Waals surface area contributed by atoms with Crippen LogP contribution in [0, 0.1) is 6.85 Å². The molecule has 6 nitrogen and oxygen atoms in total. The molecule has 0 saturated heterocycles. The first-order valence-corrected chi connectivity index (χ1v) is 9.33. The van der Waals surface area contributed by atoms with Gasteiger partial charge in [-0.2, -0.15) is 10.2 Å². The molecule has 0 aliphatic carbocycles. The van der Waals surface area contributed by atoms with Crippen LogP contribution in [0.1, 0.15) is 28.3 Å². The van der Waals surface area contributed by atoms with Crippen molar-refractivity contribution in [2.45, 2.75) is 19.9 Å². The van der Waals surface area contributed by atoms with Crippen LogP contribution < -0.4 is 4.74 Å². The normalized spacial score (nSPS) is 14.5.